The first kappa shape index (κ1) is 22.4. The Hall–Kier alpha value is -1.93. The van der Waals surface area contributed by atoms with E-state index >= 15 is 0 Å². The highest BCUT2D eigenvalue weighted by atomic mass is 32.2. The lowest BCUT2D eigenvalue weighted by Gasteiger charge is -2.22. The van der Waals surface area contributed by atoms with E-state index in [1.807, 2.05) is 36.4 Å². The van der Waals surface area contributed by atoms with Crippen molar-refractivity contribution < 1.29 is 17.6 Å². The van der Waals surface area contributed by atoms with Gasteiger partial charge in [-0.2, -0.15) is 11.8 Å². The van der Waals surface area contributed by atoms with Crippen molar-refractivity contribution in [3.8, 4) is 0 Å². The van der Waals surface area contributed by atoms with Crippen molar-refractivity contribution in [1.29, 1.82) is 0 Å². The van der Waals surface area contributed by atoms with Gasteiger partial charge in [0.1, 0.15) is 5.76 Å². The quantitative estimate of drug-likeness (QED) is 0.528. The van der Waals surface area contributed by atoms with Gasteiger partial charge in [0.15, 0.2) is 0 Å². The van der Waals surface area contributed by atoms with Gasteiger partial charge in [-0.1, -0.05) is 19.1 Å². The summed E-state index contributed by atoms with van der Waals surface area (Å²) in [4.78, 5) is 12.0. The standard InChI is InChI=1S/C20H28N2O4S2/c1-3-17-8-10-18(11-9-17)22(28(2,24)25)13-4-7-20(23)21-12-15-27-16-19-6-5-14-26-19/h5-6,8-11,14H,3-4,7,12-13,15-16H2,1-2H3,(H,21,23). The van der Waals surface area contributed by atoms with Crippen LogP contribution in [0, 0.1) is 0 Å². The highest BCUT2D eigenvalue weighted by Gasteiger charge is 2.17. The van der Waals surface area contributed by atoms with Crippen LogP contribution in [0.5, 0.6) is 0 Å². The maximum atomic E-state index is 12.1. The predicted octanol–water partition coefficient (Wildman–Crippen LogP) is 3.44. The molecule has 0 aliphatic rings. The van der Waals surface area contributed by atoms with Crippen molar-refractivity contribution in [2.75, 3.05) is 29.4 Å². The number of hydrogen-bond donors (Lipinski definition) is 1. The van der Waals surface area contributed by atoms with Gasteiger partial charge in [-0.05, 0) is 42.7 Å². The second-order valence-corrected chi connectivity index (χ2v) is 9.45. The number of nitrogens with one attached hydrogen (secondary N) is 1. The Morgan fingerprint density at radius 3 is 2.57 bits per heavy atom. The third-order valence-electron chi connectivity index (χ3n) is 4.19. The van der Waals surface area contributed by atoms with E-state index in [0.29, 0.717) is 25.1 Å². The molecule has 154 valence electrons. The molecule has 0 saturated carbocycles. The van der Waals surface area contributed by atoms with Gasteiger partial charge >= 0.3 is 0 Å². The number of hydrogen-bond acceptors (Lipinski definition) is 5. The van der Waals surface area contributed by atoms with Gasteiger partial charge in [0.05, 0.1) is 24.0 Å². The second-order valence-electron chi connectivity index (χ2n) is 6.44. The van der Waals surface area contributed by atoms with E-state index in [9.17, 15) is 13.2 Å². The summed E-state index contributed by atoms with van der Waals surface area (Å²) < 4.78 is 30.8. The molecule has 1 aromatic heterocycles. The number of amides is 1. The summed E-state index contributed by atoms with van der Waals surface area (Å²) in [5, 5.41) is 2.87. The first-order valence-electron chi connectivity index (χ1n) is 9.33. The number of thioether (sulfide) groups is 1. The van der Waals surface area contributed by atoms with Gasteiger partial charge in [0.25, 0.3) is 0 Å². The Labute approximate surface area is 171 Å². The zero-order valence-electron chi connectivity index (χ0n) is 16.4. The normalized spacial score (nSPS) is 11.4. The van der Waals surface area contributed by atoms with E-state index in [4.69, 9.17) is 4.42 Å². The average molecular weight is 425 g/mol. The van der Waals surface area contributed by atoms with Crippen molar-refractivity contribution in [3.63, 3.8) is 0 Å². The Morgan fingerprint density at radius 2 is 1.96 bits per heavy atom. The summed E-state index contributed by atoms with van der Waals surface area (Å²) >= 11 is 1.69. The van der Waals surface area contributed by atoms with Crippen molar-refractivity contribution >= 4 is 33.4 Å². The average Bonchev–Trinajstić information content (AvgIpc) is 3.17. The minimum absolute atomic E-state index is 0.0617. The number of carbonyl (C=O) groups is 1. The second kappa shape index (κ2) is 11.2. The number of carbonyl (C=O) groups excluding carboxylic acids is 1. The van der Waals surface area contributed by atoms with Crippen LogP contribution in [0.25, 0.3) is 0 Å². The first-order chi connectivity index (χ1) is 13.4. The monoisotopic (exact) mass is 424 g/mol. The van der Waals surface area contributed by atoms with E-state index in [2.05, 4.69) is 12.2 Å². The number of benzene rings is 1. The van der Waals surface area contributed by atoms with Gasteiger partial charge in [0.2, 0.25) is 15.9 Å². The summed E-state index contributed by atoms with van der Waals surface area (Å²) in [7, 11) is -3.39. The molecule has 1 N–H and O–H groups in total. The number of aryl methyl sites for hydroxylation is 1. The number of furan rings is 1. The lowest BCUT2D eigenvalue weighted by molar-refractivity contribution is -0.121. The van der Waals surface area contributed by atoms with Crippen LogP contribution in [0.3, 0.4) is 0 Å². The minimum atomic E-state index is -3.39. The molecular weight excluding hydrogens is 396 g/mol. The smallest absolute Gasteiger partial charge is 0.232 e. The molecule has 0 radical (unpaired) electrons. The van der Waals surface area contributed by atoms with Gasteiger partial charge < -0.3 is 9.73 Å². The number of sulfonamides is 1. The third kappa shape index (κ3) is 7.59. The van der Waals surface area contributed by atoms with Gasteiger partial charge in [-0.25, -0.2) is 8.42 Å². The van der Waals surface area contributed by atoms with Crippen molar-refractivity contribution in [1.82, 2.24) is 5.32 Å². The Bertz CT molecular complexity index is 818. The Kier molecular flexibility index (Phi) is 8.92. The van der Waals surface area contributed by atoms with Gasteiger partial charge in [-0.3, -0.25) is 9.10 Å². The molecule has 1 heterocycles. The van der Waals surface area contributed by atoms with Crippen LogP contribution in [0.2, 0.25) is 0 Å². The molecular formula is C20H28N2O4S2. The molecule has 0 saturated heterocycles. The molecule has 8 heteroatoms. The molecule has 0 bridgehead atoms. The van der Waals surface area contributed by atoms with Crippen molar-refractivity contribution in [2.45, 2.75) is 31.9 Å². The molecule has 1 amide bonds. The summed E-state index contributed by atoms with van der Waals surface area (Å²) in [5.41, 5.74) is 1.79. The van der Waals surface area contributed by atoms with E-state index in [-0.39, 0.29) is 12.5 Å². The van der Waals surface area contributed by atoms with Crippen LogP contribution in [0.1, 0.15) is 31.1 Å². The van der Waals surface area contributed by atoms with E-state index in [0.717, 1.165) is 29.3 Å². The van der Waals surface area contributed by atoms with E-state index < -0.39 is 10.0 Å². The summed E-state index contributed by atoms with van der Waals surface area (Å²) in [6.45, 7) is 2.92. The van der Waals surface area contributed by atoms with Crippen molar-refractivity contribution in [2.24, 2.45) is 0 Å². The molecule has 2 aromatic rings. The largest absolute Gasteiger partial charge is 0.468 e. The van der Waals surface area contributed by atoms with Gasteiger partial charge in [-0.15, -0.1) is 0 Å². The topological polar surface area (TPSA) is 79.6 Å². The van der Waals surface area contributed by atoms with Crippen LogP contribution < -0.4 is 9.62 Å². The molecule has 0 spiro atoms. The SMILES string of the molecule is CCc1ccc(N(CCCC(=O)NCCSCc2ccco2)S(C)(=O)=O)cc1. The highest BCUT2D eigenvalue weighted by molar-refractivity contribution is 7.98. The fraction of sp³-hybridized carbons (Fsp3) is 0.450. The summed E-state index contributed by atoms with van der Waals surface area (Å²) in [5.74, 6) is 2.44. The Balaban J connectivity index is 1.71. The number of nitrogens with zero attached hydrogens (tertiary/aromatic N) is 1. The van der Waals surface area contributed by atoms with Crippen LogP contribution >= 0.6 is 11.8 Å². The third-order valence-corrected chi connectivity index (χ3v) is 6.37. The molecule has 0 aliphatic heterocycles. The van der Waals surface area contributed by atoms with E-state index in [1.165, 1.54) is 10.6 Å². The zero-order valence-corrected chi connectivity index (χ0v) is 18.0. The minimum Gasteiger partial charge on any atom is -0.468 e. The lowest BCUT2D eigenvalue weighted by atomic mass is 10.1. The number of anilines is 1. The van der Waals surface area contributed by atoms with Gasteiger partial charge in [0, 0.05) is 25.3 Å². The Morgan fingerprint density at radius 1 is 1.21 bits per heavy atom. The van der Waals surface area contributed by atoms with Crippen molar-refractivity contribution in [3.05, 3.63) is 54.0 Å². The molecule has 0 unspecified atom stereocenters. The lowest BCUT2D eigenvalue weighted by Crippen LogP contribution is -2.32. The maximum absolute atomic E-state index is 12.1. The molecule has 28 heavy (non-hydrogen) atoms. The summed E-state index contributed by atoms with van der Waals surface area (Å²) in [6, 6.07) is 11.3. The molecule has 2 rings (SSSR count). The molecule has 1 aromatic carbocycles. The van der Waals surface area contributed by atoms with Crippen LogP contribution in [-0.4, -0.2) is 39.4 Å². The number of rotatable bonds is 12. The zero-order chi connectivity index (χ0) is 20.4. The molecule has 0 atom stereocenters. The molecule has 6 nitrogen and oxygen atoms in total. The molecule has 0 aliphatic carbocycles. The van der Waals surface area contributed by atoms with Crippen LogP contribution in [0.4, 0.5) is 5.69 Å². The van der Waals surface area contributed by atoms with E-state index in [1.54, 1.807) is 18.0 Å². The first-order valence-corrected chi connectivity index (χ1v) is 12.3. The highest BCUT2D eigenvalue weighted by Crippen LogP contribution is 2.19. The maximum Gasteiger partial charge on any atom is 0.232 e. The van der Waals surface area contributed by atoms with Crippen LogP contribution in [-0.2, 0) is 27.0 Å². The fourth-order valence-corrected chi connectivity index (χ4v) is 4.41. The summed E-state index contributed by atoms with van der Waals surface area (Å²) in [6.07, 6.45) is 4.50. The predicted molar refractivity (Wildman–Crippen MR) is 115 cm³/mol. The van der Waals surface area contributed by atoms with Crippen LogP contribution in [0.15, 0.2) is 47.1 Å². The fourth-order valence-electron chi connectivity index (χ4n) is 2.69. The molecule has 0 fully saturated rings.